The summed E-state index contributed by atoms with van der Waals surface area (Å²) in [7, 11) is 0. The number of aliphatic carboxylic acids is 1. The number of carboxylic acid groups (broad SMARTS) is 1. The van der Waals surface area contributed by atoms with Crippen molar-refractivity contribution in [2.75, 3.05) is 11.4 Å². The summed E-state index contributed by atoms with van der Waals surface area (Å²) in [6.07, 6.45) is 1.11. The fraction of sp³-hybridized carbons (Fsp3) is 0.333. The Kier molecular flexibility index (Phi) is 3.10. The van der Waals surface area contributed by atoms with Crippen LogP contribution < -0.4 is 10.6 Å². The van der Waals surface area contributed by atoms with Gasteiger partial charge in [-0.1, -0.05) is 18.2 Å². The van der Waals surface area contributed by atoms with Crippen LogP contribution >= 0.6 is 0 Å². The molecule has 5 heteroatoms. The number of anilines is 1. The lowest BCUT2D eigenvalue weighted by Crippen LogP contribution is -2.47. The Morgan fingerprint density at radius 2 is 2.12 bits per heavy atom. The summed E-state index contributed by atoms with van der Waals surface area (Å²) < 4.78 is 0. The minimum Gasteiger partial charge on any atom is -0.480 e. The van der Waals surface area contributed by atoms with Crippen LogP contribution in [0.2, 0.25) is 0 Å². The van der Waals surface area contributed by atoms with E-state index in [4.69, 9.17) is 10.8 Å². The van der Waals surface area contributed by atoms with Crippen LogP contribution in [0.15, 0.2) is 24.3 Å². The van der Waals surface area contributed by atoms with E-state index in [9.17, 15) is 9.59 Å². The molecule has 0 fully saturated rings. The van der Waals surface area contributed by atoms with Crippen LogP contribution in [0, 0.1) is 0 Å². The standard InChI is InChI=1S/C12H14N2O3/c13-9(12(16)17)7-14-10-4-2-1-3-8(10)5-6-11(14)15/h1-4,9H,5-7,13H2,(H,16,17). The zero-order valence-corrected chi connectivity index (χ0v) is 9.30. The van der Waals surface area contributed by atoms with E-state index < -0.39 is 12.0 Å². The van der Waals surface area contributed by atoms with Crippen LogP contribution in [-0.2, 0) is 16.0 Å². The lowest BCUT2D eigenvalue weighted by Gasteiger charge is -2.30. The molecule has 0 radical (unpaired) electrons. The second-order valence-corrected chi connectivity index (χ2v) is 4.08. The molecule has 1 aromatic rings. The Balaban J connectivity index is 2.27. The number of benzene rings is 1. The molecule has 0 spiro atoms. The van der Waals surface area contributed by atoms with Gasteiger partial charge in [0.15, 0.2) is 0 Å². The van der Waals surface area contributed by atoms with Gasteiger partial charge < -0.3 is 15.7 Å². The molecule has 1 atom stereocenters. The fourth-order valence-electron chi connectivity index (χ4n) is 1.97. The van der Waals surface area contributed by atoms with Gasteiger partial charge in [0.2, 0.25) is 5.91 Å². The fourth-order valence-corrected chi connectivity index (χ4v) is 1.97. The zero-order valence-electron chi connectivity index (χ0n) is 9.30. The lowest BCUT2D eigenvalue weighted by molar-refractivity contribution is -0.138. The van der Waals surface area contributed by atoms with Crippen molar-refractivity contribution < 1.29 is 14.7 Å². The lowest BCUT2D eigenvalue weighted by atomic mass is 10.0. The number of aryl methyl sites for hydroxylation is 1. The number of fused-ring (bicyclic) bond motifs is 1. The first-order chi connectivity index (χ1) is 8.09. The highest BCUT2D eigenvalue weighted by molar-refractivity contribution is 5.97. The number of nitrogens with two attached hydrogens (primary N) is 1. The molecular weight excluding hydrogens is 220 g/mol. The number of nitrogens with zero attached hydrogens (tertiary/aromatic N) is 1. The Morgan fingerprint density at radius 3 is 2.82 bits per heavy atom. The highest BCUT2D eigenvalue weighted by Gasteiger charge is 2.27. The summed E-state index contributed by atoms with van der Waals surface area (Å²) in [5.41, 5.74) is 7.31. The van der Waals surface area contributed by atoms with E-state index in [0.717, 1.165) is 11.3 Å². The second kappa shape index (κ2) is 4.55. The van der Waals surface area contributed by atoms with Crippen LogP contribution in [0.25, 0.3) is 0 Å². The maximum absolute atomic E-state index is 11.8. The number of para-hydroxylation sites is 1. The third-order valence-corrected chi connectivity index (χ3v) is 2.89. The van der Waals surface area contributed by atoms with E-state index in [1.54, 1.807) is 0 Å². The van der Waals surface area contributed by atoms with E-state index in [0.29, 0.717) is 12.8 Å². The van der Waals surface area contributed by atoms with E-state index in [-0.39, 0.29) is 12.5 Å². The Labute approximate surface area is 98.8 Å². The largest absolute Gasteiger partial charge is 0.480 e. The van der Waals surface area contributed by atoms with Gasteiger partial charge in [0, 0.05) is 12.1 Å². The van der Waals surface area contributed by atoms with Crippen LogP contribution in [-0.4, -0.2) is 29.6 Å². The number of amides is 1. The van der Waals surface area contributed by atoms with Crippen molar-refractivity contribution in [2.24, 2.45) is 5.73 Å². The normalized spacial score (nSPS) is 16.5. The van der Waals surface area contributed by atoms with Gasteiger partial charge >= 0.3 is 5.97 Å². The molecule has 0 saturated carbocycles. The van der Waals surface area contributed by atoms with Gasteiger partial charge in [-0.3, -0.25) is 9.59 Å². The summed E-state index contributed by atoms with van der Waals surface area (Å²) in [4.78, 5) is 24.0. The van der Waals surface area contributed by atoms with Crippen molar-refractivity contribution in [1.29, 1.82) is 0 Å². The maximum Gasteiger partial charge on any atom is 0.322 e. The molecule has 1 heterocycles. The van der Waals surface area contributed by atoms with Gasteiger partial charge in [-0.15, -0.1) is 0 Å². The van der Waals surface area contributed by atoms with Gasteiger partial charge in [-0.05, 0) is 18.1 Å². The highest BCUT2D eigenvalue weighted by Crippen LogP contribution is 2.27. The molecular formula is C12H14N2O3. The predicted octanol–water partition coefficient (Wildman–Crippen LogP) is 0.378. The van der Waals surface area contributed by atoms with Crippen molar-refractivity contribution >= 4 is 17.6 Å². The van der Waals surface area contributed by atoms with E-state index >= 15 is 0 Å². The number of carboxylic acids is 1. The second-order valence-electron chi connectivity index (χ2n) is 4.08. The minimum absolute atomic E-state index is 0.0190. The Hall–Kier alpha value is -1.88. The van der Waals surface area contributed by atoms with Crippen molar-refractivity contribution in [2.45, 2.75) is 18.9 Å². The average molecular weight is 234 g/mol. The molecule has 1 aliphatic rings. The molecule has 1 amide bonds. The van der Waals surface area contributed by atoms with Crippen molar-refractivity contribution in [1.82, 2.24) is 0 Å². The number of carbonyl (C=O) groups excluding carboxylic acids is 1. The zero-order chi connectivity index (χ0) is 12.4. The number of carbonyl (C=O) groups is 2. The van der Waals surface area contributed by atoms with Gasteiger partial charge in [-0.25, -0.2) is 0 Å². The minimum atomic E-state index is -1.10. The van der Waals surface area contributed by atoms with Gasteiger partial charge in [-0.2, -0.15) is 0 Å². The first kappa shape index (κ1) is 11.6. The number of hydrogen-bond donors (Lipinski definition) is 2. The topological polar surface area (TPSA) is 83.6 Å². The molecule has 0 saturated heterocycles. The molecule has 1 aromatic carbocycles. The molecule has 5 nitrogen and oxygen atoms in total. The highest BCUT2D eigenvalue weighted by atomic mass is 16.4. The van der Waals surface area contributed by atoms with E-state index in [1.165, 1.54) is 4.90 Å². The summed E-state index contributed by atoms with van der Waals surface area (Å²) in [5.74, 6) is -1.17. The SMILES string of the molecule is NC(CN1C(=O)CCc2ccccc21)C(=O)O. The summed E-state index contributed by atoms with van der Waals surface area (Å²) >= 11 is 0. The van der Waals surface area contributed by atoms with Crippen LogP contribution in [0.4, 0.5) is 5.69 Å². The van der Waals surface area contributed by atoms with Gasteiger partial charge in [0.1, 0.15) is 6.04 Å². The van der Waals surface area contributed by atoms with E-state index in [2.05, 4.69) is 0 Å². The Bertz CT molecular complexity index is 459. The van der Waals surface area contributed by atoms with Crippen LogP contribution in [0.5, 0.6) is 0 Å². The molecule has 0 bridgehead atoms. The molecule has 1 unspecified atom stereocenters. The van der Waals surface area contributed by atoms with Gasteiger partial charge in [0.25, 0.3) is 0 Å². The number of rotatable bonds is 3. The molecule has 0 aliphatic carbocycles. The quantitative estimate of drug-likeness (QED) is 0.791. The first-order valence-corrected chi connectivity index (χ1v) is 5.46. The predicted molar refractivity (Wildman–Crippen MR) is 62.7 cm³/mol. The third-order valence-electron chi connectivity index (χ3n) is 2.89. The molecule has 3 N–H and O–H groups in total. The van der Waals surface area contributed by atoms with Crippen LogP contribution in [0.3, 0.4) is 0 Å². The first-order valence-electron chi connectivity index (χ1n) is 5.46. The smallest absolute Gasteiger partial charge is 0.322 e. The number of hydrogen-bond acceptors (Lipinski definition) is 3. The van der Waals surface area contributed by atoms with Crippen molar-refractivity contribution in [3.63, 3.8) is 0 Å². The monoisotopic (exact) mass is 234 g/mol. The summed E-state index contributed by atoms with van der Waals surface area (Å²) in [6, 6.07) is 6.45. The molecule has 17 heavy (non-hydrogen) atoms. The molecule has 1 aliphatic heterocycles. The van der Waals surface area contributed by atoms with Crippen molar-refractivity contribution in [3.05, 3.63) is 29.8 Å². The molecule has 0 aromatic heterocycles. The average Bonchev–Trinajstić information content (AvgIpc) is 2.32. The summed E-state index contributed by atoms with van der Waals surface area (Å²) in [5, 5.41) is 8.78. The molecule has 90 valence electrons. The maximum atomic E-state index is 11.8. The Morgan fingerprint density at radius 1 is 1.41 bits per heavy atom. The van der Waals surface area contributed by atoms with Gasteiger partial charge in [0.05, 0.1) is 6.54 Å². The van der Waals surface area contributed by atoms with Crippen LogP contribution in [0.1, 0.15) is 12.0 Å². The van der Waals surface area contributed by atoms with Crippen molar-refractivity contribution in [3.8, 4) is 0 Å². The van der Waals surface area contributed by atoms with E-state index in [1.807, 2.05) is 24.3 Å². The third kappa shape index (κ3) is 2.29. The summed E-state index contributed by atoms with van der Waals surface area (Å²) in [6.45, 7) is 0.0190. The molecule has 2 rings (SSSR count).